The summed E-state index contributed by atoms with van der Waals surface area (Å²) in [7, 11) is 2.94. The molecular weight excluding hydrogens is 516 g/mol. The number of benzene rings is 2. The van der Waals surface area contributed by atoms with Gasteiger partial charge in [-0.3, -0.25) is 15.0 Å². The van der Waals surface area contributed by atoms with E-state index in [4.69, 9.17) is 42.8 Å². The maximum absolute atomic E-state index is 12.9. The first-order valence-electron chi connectivity index (χ1n) is 10.2. The van der Waals surface area contributed by atoms with Gasteiger partial charge in [0.2, 0.25) is 0 Å². The molecule has 184 valence electrons. The van der Waals surface area contributed by atoms with Crippen molar-refractivity contribution in [2.24, 2.45) is 0 Å². The number of amides is 2. The van der Waals surface area contributed by atoms with Gasteiger partial charge in [0.15, 0.2) is 22.4 Å². The molecule has 12 heteroatoms. The van der Waals surface area contributed by atoms with Crippen molar-refractivity contribution in [2.75, 3.05) is 27.4 Å². The minimum Gasteiger partial charge on any atom is -0.497 e. The fraction of sp³-hybridized carbons (Fsp3) is 0.217. The van der Waals surface area contributed by atoms with E-state index >= 15 is 0 Å². The Morgan fingerprint density at radius 3 is 2.51 bits per heavy atom. The van der Waals surface area contributed by atoms with Gasteiger partial charge in [-0.15, -0.1) is 0 Å². The molecule has 2 aromatic carbocycles. The Kier molecular flexibility index (Phi) is 8.96. The smallest absolute Gasteiger partial charge is 0.344 e. The van der Waals surface area contributed by atoms with Gasteiger partial charge in [0, 0.05) is 5.56 Å². The second-order valence-electron chi connectivity index (χ2n) is 6.81. The van der Waals surface area contributed by atoms with Crippen LogP contribution in [0.4, 0.5) is 0 Å². The van der Waals surface area contributed by atoms with Crippen LogP contribution in [-0.2, 0) is 14.3 Å². The van der Waals surface area contributed by atoms with Gasteiger partial charge in [0.05, 0.1) is 30.8 Å². The number of hydrazine groups is 1. The third-order valence-electron chi connectivity index (χ3n) is 4.55. The standard InChI is InChI=1S/C23H21ClN2O7S2/c1-4-32-19(27)12-33-20-16(24)9-13(10-17(20)31-3)11-18-22(29)26(23(34)35-18)25-21(28)14-5-7-15(30-2)8-6-14/h5-11H,4,12H2,1-3H3,(H,25,28)/b18-11-. The average molecular weight is 537 g/mol. The average Bonchev–Trinajstić information content (AvgIpc) is 3.10. The molecule has 1 N–H and O–H groups in total. The topological polar surface area (TPSA) is 103 Å². The zero-order valence-electron chi connectivity index (χ0n) is 19.0. The van der Waals surface area contributed by atoms with Gasteiger partial charge in [0.25, 0.3) is 11.8 Å². The molecule has 0 aromatic heterocycles. The summed E-state index contributed by atoms with van der Waals surface area (Å²) in [4.78, 5) is 37.3. The number of hydrogen-bond donors (Lipinski definition) is 1. The zero-order valence-corrected chi connectivity index (χ0v) is 21.3. The summed E-state index contributed by atoms with van der Waals surface area (Å²) in [5, 5.41) is 1.18. The Bertz CT molecular complexity index is 1190. The van der Waals surface area contributed by atoms with Crippen molar-refractivity contribution in [1.29, 1.82) is 0 Å². The Labute approximate surface area is 216 Å². The SMILES string of the molecule is CCOC(=O)COc1c(Cl)cc(/C=C2\SC(=S)N(NC(=O)c3ccc(OC)cc3)C2=O)cc1OC. The zero-order chi connectivity index (χ0) is 25.5. The van der Waals surface area contributed by atoms with Gasteiger partial charge in [-0.05, 0) is 67.2 Å². The molecule has 35 heavy (non-hydrogen) atoms. The lowest BCUT2D eigenvalue weighted by molar-refractivity contribution is -0.145. The Morgan fingerprint density at radius 1 is 1.17 bits per heavy atom. The van der Waals surface area contributed by atoms with Crippen LogP contribution in [0.3, 0.4) is 0 Å². The number of carbonyl (C=O) groups is 3. The quantitative estimate of drug-likeness (QED) is 0.291. The second-order valence-corrected chi connectivity index (χ2v) is 8.90. The molecular formula is C23H21ClN2O7S2. The van der Waals surface area contributed by atoms with Crippen LogP contribution in [0.5, 0.6) is 17.2 Å². The molecule has 2 amide bonds. The first kappa shape index (κ1) is 26.3. The Hall–Kier alpha value is -3.28. The van der Waals surface area contributed by atoms with Gasteiger partial charge in [-0.1, -0.05) is 23.4 Å². The summed E-state index contributed by atoms with van der Waals surface area (Å²) in [5.74, 6) is -0.524. The predicted octanol–water partition coefficient (Wildman–Crippen LogP) is 3.85. The van der Waals surface area contributed by atoms with E-state index in [1.54, 1.807) is 49.4 Å². The minimum absolute atomic E-state index is 0.163. The van der Waals surface area contributed by atoms with E-state index in [2.05, 4.69) is 5.43 Å². The summed E-state index contributed by atoms with van der Waals surface area (Å²) in [6.07, 6.45) is 1.56. The monoisotopic (exact) mass is 536 g/mol. The molecule has 0 aliphatic carbocycles. The van der Waals surface area contributed by atoms with Crippen molar-refractivity contribution in [3.63, 3.8) is 0 Å². The number of esters is 1. The number of nitrogens with zero attached hydrogens (tertiary/aromatic N) is 1. The number of thioether (sulfide) groups is 1. The number of nitrogens with one attached hydrogen (secondary N) is 1. The van der Waals surface area contributed by atoms with Gasteiger partial charge in [-0.2, -0.15) is 5.01 Å². The van der Waals surface area contributed by atoms with Crippen LogP contribution in [0.15, 0.2) is 41.3 Å². The van der Waals surface area contributed by atoms with Crippen LogP contribution in [0.2, 0.25) is 5.02 Å². The maximum atomic E-state index is 12.9. The highest BCUT2D eigenvalue weighted by molar-refractivity contribution is 8.26. The lowest BCUT2D eigenvalue weighted by Crippen LogP contribution is -2.44. The molecule has 1 aliphatic rings. The fourth-order valence-electron chi connectivity index (χ4n) is 2.92. The van der Waals surface area contributed by atoms with Crippen molar-refractivity contribution in [2.45, 2.75) is 6.92 Å². The molecule has 0 spiro atoms. The van der Waals surface area contributed by atoms with Crippen LogP contribution in [0.1, 0.15) is 22.8 Å². The molecule has 0 radical (unpaired) electrons. The summed E-state index contributed by atoms with van der Waals surface area (Å²) in [5.41, 5.74) is 3.37. The van der Waals surface area contributed by atoms with Crippen molar-refractivity contribution in [3.05, 3.63) is 57.5 Å². The highest BCUT2D eigenvalue weighted by Gasteiger charge is 2.34. The lowest BCUT2D eigenvalue weighted by Gasteiger charge is -2.15. The number of methoxy groups -OCH3 is 2. The van der Waals surface area contributed by atoms with Gasteiger partial charge < -0.3 is 18.9 Å². The van der Waals surface area contributed by atoms with Crippen LogP contribution >= 0.6 is 35.6 Å². The maximum Gasteiger partial charge on any atom is 0.344 e. The fourth-order valence-corrected chi connectivity index (χ4v) is 4.37. The first-order chi connectivity index (χ1) is 16.8. The number of ether oxygens (including phenoxy) is 4. The van der Waals surface area contributed by atoms with E-state index in [-0.39, 0.29) is 39.0 Å². The highest BCUT2D eigenvalue weighted by Crippen LogP contribution is 2.38. The number of carbonyl (C=O) groups excluding carboxylic acids is 3. The molecule has 0 saturated carbocycles. The summed E-state index contributed by atoms with van der Waals surface area (Å²) in [6, 6.07) is 9.55. The number of rotatable bonds is 9. The van der Waals surface area contributed by atoms with E-state index in [1.165, 1.54) is 14.2 Å². The molecule has 1 aliphatic heterocycles. The van der Waals surface area contributed by atoms with E-state index in [0.717, 1.165) is 16.8 Å². The molecule has 0 bridgehead atoms. The minimum atomic E-state index is -0.546. The number of thiocarbonyl (C=S) groups is 1. The predicted molar refractivity (Wildman–Crippen MR) is 136 cm³/mol. The third-order valence-corrected chi connectivity index (χ3v) is 6.13. The Morgan fingerprint density at radius 2 is 1.89 bits per heavy atom. The number of hydrogen-bond acceptors (Lipinski definition) is 9. The first-order valence-corrected chi connectivity index (χ1v) is 11.8. The van der Waals surface area contributed by atoms with Gasteiger partial charge >= 0.3 is 5.97 Å². The third kappa shape index (κ3) is 6.44. The normalized spacial score (nSPS) is 14.2. The molecule has 1 fully saturated rings. The van der Waals surface area contributed by atoms with E-state index in [1.807, 2.05) is 0 Å². The van der Waals surface area contributed by atoms with Crippen LogP contribution in [-0.4, -0.2) is 54.5 Å². The van der Waals surface area contributed by atoms with Crippen molar-refractivity contribution >= 4 is 63.8 Å². The summed E-state index contributed by atoms with van der Waals surface area (Å²) >= 11 is 12.6. The summed E-state index contributed by atoms with van der Waals surface area (Å²) < 4.78 is 20.8. The van der Waals surface area contributed by atoms with Crippen LogP contribution in [0.25, 0.3) is 6.08 Å². The van der Waals surface area contributed by atoms with Crippen molar-refractivity contribution in [1.82, 2.24) is 10.4 Å². The van der Waals surface area contributed by atoms with E-state index in [0.29, 0.717) is 16.9 Å². The molecule has 1 heterocycles. The Balaban J connectivity index is 1.76. The molecule has 2 aromatic rings. The second kappa shape index (κ2) is 11.9. The summed E-state index contributed by atoms with van der Waals surface area (Å²) in [6.45, 7) is 1.58. The number of halogens is 1. The molecule has 1 saturated heterocycles. The largest absolute Gasteiger partial charge is 0.497 e. The van der Waals surface area contributed by atoms with Crippen LogP contribution < -0.4 is 19.6 Å². The molecule has 9 nitrogen and oxygen atoms in total. The van der Waals surface area contributed by atoms with Crippen LogP contribution in [0, 0.1) is 0 Å². The van der Waals surface area contributed by atoms with E-state index in [9.17, 15) is 14.4 Å². The molecule has 0 unspecified atom stereocenters. The van der Waals surface area contributed by atoms with E-state index < -0.39 is 17.8 Å². The lowest BCUT2D eigenvalue weighted by atomic mass is 10.2. The van der Waals surface area contributed by atoms with Gasteiger partial charge in [0.1, 0.15) is 5.75 Å². The van der Waals surface area contributed by atoms with Gasteiger partial charge in [-0.25, -0.2) is 4.79 Å². The molecule has 3 rings (SSSR count). The van der Waals surface area contributed by atoms with Crippen molar-refractivity contribution in [3.8, 4) is 17.2 Å². The van der Waals surface area contributed by atoms with Crippen molar-refractivity contribution < 1.29 is 33.3 Å². The highest BCUT2D eigenvalue weighted by atomic mass is 35.5. The molecule has 0 atom stereocenters.